The average Bonchev–Trinajstić information content (AvgIpc) is 3.76. The molecule has 218 valence electrons. The van der Waals surface area contributed by atoms with Crippen molar-refractivity contribution in [3.63, 3.8) is 0 Å². The maximum atomic E-state index is 4.71. The van der Waals surface area contributed by atoms with Crippen LogP contribution in [-0.2, 0) is 0 Å². The minimum absolute atomic E-state index is 0.666. The molecule has 43 heavy (non-hydrogen) atoms. The fraction of sp³-hybridized carbons (Fsp3) is 0.229. The van der Waals surface area contributed by atoms with E-state index in [1.165, 1.54) is 17.7 Å². The SMILES string of the molecule is C=C(CC1CCNCC1)Nc1cncc(C(=C)/C=c2/c(-c3cc4c(-c5ccc(C(=C)C)s5)cncc4[nH]3)n[nH]/c2=C/C)c1. The van der Waals surface area contributed by atoms with Crippen LogP contribution in [0.25, 0.3) is 56.0 Å². The summed E-state index contributed by atoms with van der Waals surface area (Å²) >= 11 is 1.73. The molecule has 6 rings (SSSR count). The zero-order chi connectivity index (χ0) is 29.9. The van der Waals surface area contributed by atoms with Crippen molar-refractivity contribution < 1.29 is 0 Å². The molecule has 1 fully saturated rings. The van der Waals surface area contributed by atoms with Crippen molar-refractivity contribution >= 4 is 51.2 Å². The molecule has 0 bridgehead atoms. The molecule has 0 spiro atoms. The van der Waals surface area contributed by atoms with E-state index in [2.05, 4.69) is 80.8 Å². The molecule has 0 amide bonds. The molecule has 1 saturated heterocycles. The Labute approximate surface area is 255 Å². The molecule has 0 atom stereocenters. The Morgan fingerprint density at radius 2 is 1.88 bits per heavy atom. The van der Waals surface area contributed by atoms with Crippen LogP contribution in [0, 0.1) is 5.92 Å². The number of hydrogen-bond donors (Lipinski definition) is 4. The first-order chi connectivity index (χ1) is 20.9. The molecule has 1 aliphatic heterocycles. The highest BCUT2D eigenvalue weighted by atomic mass is 32.1. The van der Waals surface area contributed by atoms with Gasteiger partial charge in [0.2, 0.25) is 0 Å². The number of aromatic amines is 2. The van der Waals surface area contributed by atoms with Gasteiger partial charge < -0.3 is 15.6 Å². The summed E-state index contributed by atoms with van der Waals surface area (Å²) in [6.07, 6.45) is 14.9. The molecular weight excluding hydrogens is 551 g/mol. The molecule has 8 heteroatoms. The second-order valence-corrected chi connectivity index (χ2v) is 12.3. The Morgan fingerprint density at radius 1 is 1.07 bits per heavy atom. The summed E-state index contributed by atoms with van der Waals surface area (Å²) in [5.41, 5.74) is 8.55. The molecule has 0 radical (unpaired) electrons. The lowest BCUT2D eigenvalue weighted by Gasteiger charge is -2.23. The highest BCUT2D eigenvalue weighted by Crippen LogP contribution is 2.36. The minimum Gasteiger partial charge on any atom is -0.358 e. The van der Waals surface area contributed by atoms with Crippen LogP contribution >= 0.6 is 11.3 Å². The Bertz CT molecular complexity index is 1950. The lowest BCUT2D eigenvalue weighted by atomic mass is 9.93. The van der Waals surface area contributed by atoms with Gasteiger partial charge in [-0.15, -0.1) is 11.3 Å². The van der Waals surface area contributed by atoms with Gasteiger partial charge in [-0.3, -0.25) is 15.1 Å². The molecule has 0 aliphatic carbocycles. The van der Waals surface area contributed by atoms with E-state index in [0.717, 1.165) is 90.9 Å². The molecule has 0 unspecified atom stereocenters. The molecule has 0 aromatic carbocycles. The van der Waals surface area contributed by atoms with E-state index in [9.17, 15) is 0 Å². The van der Waals surface area contributed by atoms with Crippen LogP contribution in [0.15, 0.2) is 74.5 Å². The third-order valence-electron chi connectivity index (χ3n) is 7.96. The van der Waals surface area contributed by atoms with E-state index in [-0.39, 0.29) is 0 Å². The summed E-state index contributed by atoms with van der Waals surface area (Å²) in [6.45, 7) is 19.0. The maximum absolute atomic E-state index is 4.71. The summed E-state index contributed by atoms with van der Waals surface area (Å²) in [5.74, 6) is 0.666. The van der Waals surface area contributed by atoms with E-state index in [1.54, 1.807) is 11.3 Å². The lowest BCUT2D eigenvalue weighted by Crippen LogP contribution is -2.28. The third-order valence-corrected chi connectivity index (χ3v) is 9.24. The van der Waals surface area contributed by atoms with Crippen molar-refractivity contribution in [3.8, 4) is 21.8 Å². The van der Waals surface area contributed by atoms with Crippen LogP contribution in [0.4, 0.5) is 5.69 Å². The Hall–Kier alpha value is -4.53. The first kappa shape index (κ1) is 28.6. The molecule has 5 aromatic rings. The van der Waals surface area contributed by atoms with Crippen molar-refractivity contribution in [1.82, 2.24) is 30.5 Å². The highest BCUT2D eigenvalue weighted by molar-refractivity contribution is 7.16. The number of thiophene rings is 1. The van der Waals surface area contributed by atoms with Gasteiger partial charge in [-0.2, -0.15) is 5.10 Å². The van der Waals surface area contributed by atoms with E-state index >= 15 is 0 Å². The van der Waals surface area contributed by atoms with Gasteiger partial charge in [0.05, 0.1) is 34.6 Å². The summed E-state index contributed by atoms with van der Waals surface area (Å²) in [5, 5.41) is 17.8. The average molecular weight is 588 g/mol. The normalized spacial score (nSPS) is 14.8. The van der Waals surface area contributed by atoms with Crippen LogP contribution < -0.4 is 21.2 Å². The Morgan fingerprint density at radius 3 is 2.65 bits per heavy atom. The number of aromatic nitrogens is 5. The van der Waals surface area contributed by atoms with Gasteiger partial charge in [-0.1, -0.05) is 25.8 Å². The first-order valence-corrected chi connectivity index (χ1v) is 15.5. The monoisotopic (exact) mass is 587 g/mol. The highest BCUT2D eigenvalue weighted by Gasteiger charge is 2.16. The number of anilines is 1. The molecule has 5 aromatic heterocycles. The third kappa shape index (κ3) is 6.16. The van der Waals surface area contributed by atoms with Gasteiger partial charge in [0, 0.05) is 49.6 Å². The first-order valence-electron chi connectivity index (χ1n) is 14.6. The van der Waals surface area contributed by atoms with Crippen LogP contribution in [0.1, 0.15) is 43.6 Å². The molecule has 4 N–H and O–H groups in total. The number of hydrogen-bond acceptors (Lipinski definition) is 6. The second-order valence-electron chi connectivity index (χ2n) is 11.2. The standard InChI is InChI=1S/C35H37N7S/c1-6-30-28(13-22(4)25-15-26(18-37-17-25)39-23(5)14-24-9-11-36-12-10-24)35(42-41-30)31-16-27-29(19-38-20-32(27)40-31)34-8-7-33(43-34)21(2)3/h6-8,13,15-20,24,36,39-41H,2,4-5,9-12,14H2,1,3H3/b28-13+,30-6+. The van der Waals surface area contributed by atoms with E-state index < -0.39 is 0 Å². The second kappa shape index (κ2) is 12.4. The number of rotatable bonds is 9. The van der Waals surface area contributed by atoms with Crippen molar-refractivity contribution in [3.05, 3.63) is 95.5 Å². The smallest absolute Gasteiger partial charge is 0.116 e. The van der Waals surface area contributed by atoms with Crippen molar-refractivity contribution in [2.45, 2.75) is 33.1 Å². The van der Waals surface area contributed by atoms with Crippen molar-refractivity contribution in [2.75, 3.05) is 18.4 Å². The number of nitrogens with zero attached hydrogens (tertiary/aromatic N) is 3. The number of pyridine rings is 2. The zero-order valence-electron chi connectivity index (χ0n) is 24.8. The van der Waals surface area contributed by atoms with Crippen LogP contribution in [0.5, 0.6) is 0 Å². The van der Waals surface area contributed by atoms with Gasteiger partial charge in [0.15, 0.2) is 0 Å². The predicted octanol–water partition coefficient (Wildman–Crippen LogP) is 6.72. The molecular formula is C35H37N7S. The maximum Gasteiger partial charge on any atom is 0.116 e. The topological polar surface area (TPSA) is 94.3 Å². The largest absolute Gasteiger partial charge is 0.358 e. The zero-order valence-corrected chi connectivity index (χ0v) is 25.6. The predicted molar refractivity (Wildman–Crippen MR) is 182 cm³/mol. The van der Waals surface area contributed by atoms with E-state index in [0.29, 0.717) is 5.92 Å². The molecule has 0 saturated carbocycles. The minimum atomic E-state index is 0.666. The quantitative estimate of drug-likeness (QED) is 0.154. The molecule has 7 nitrogen and oxygen atoms in total. The van der Waals surface area contributed by atoms with Crippen molar-refractivity contribution in [1.29, 1.82) is 0 Å². The van der Waals surface area contributed by atoms with Gasteiger partial charge in [0.25, 0.3) is 0 Å². The van der Waals surface area contributed by atoms with Crippen LogP contribution in [-0.4, -0.2) is 38.2 Å². The van der Waals surface area contributed by atoms with Gasteiger partial charge in [-0.25, -0.2) is 0 Å². The van der Waals surface area contributed by atoms with E-state index in [1.807, 2.05) is 44.7 Å². The Kier molecular flexibility index (Phi) is 8.22. The van der Waals surface area contributed by atoms with Gasteiger partial charge in [0.1, 0.15) is 5.69 Å². The van der Waals surface area contributed by atoms with Crippen LogP contribution in [0.3, 0.4) is 0 Å². The van der Waals surface area contributed by atoms with Crippen molar-refractivity contribution in [2.24, 2.45) is 5.92 Å². The number of fused-ring (bicyclic) bond motifs is 1. The summed E-state index contributed by atoms with van der Waals surface area (Å²) in [7, 11) is 0. The Balaban J connectivity index is 1.30. The van der Waals surface area contributed by atoms with Gasteiger partial charge in [-0.05, 0) is 93.6 Å². The van der Waals surface area contributed by atoms with E-state index in [4.69, 9.17) is 5.10 Å². The number of allylic oxidation sites excluding steroid dienone is 3. The number of piperidine rings is 1. The fourth-order valence-electron chi connectivity index (χ4n) is 5.65. The fourth-order valence-corrected chi connectivity index (χ4v) is 6.61. The molecule has 6 heterocycles. The summed E-state index contributed by atoms with van der Waals surface area (Å²) < 4.78 is 0. The summed E-state index contributed by atoms with van der Waals surface area (Å²) in [6, 6.07) is 8.49. The molecule has 1 aliphatic rings. The number of nitrogens with one attached hydrogen (secondary N) is 4. The lowest BCUT2D eigenvalue weighted by molar-refractivity contribution is 0.373. The van der Waals surface area contributed by atoms with Gasteiger partial charge >= 0.3 is 0 Å². The number of H-pyrrole nitrogens is 2. The van der Waals surface area contributed by atoms with Crippen LogP contribution in [0.2, 0.25) is 0 Å². The summed E-state index contributed by atoms with van der Waals surface area (Å²) in [4.78, 5) is 14.9.